The molecule has 0 aliphatic heterocycles. The van der Waals surface area contributed by atoms with E-state index in [2.05, 4.69) is 5.32 Å². The fourth-order valence-corrected chi connectivity index (χ4v) is 1.43. The van der Waals surface area contributed by atoms with Gasteiger partial charge in [0.2, 0.25) is 5.91 Å². The fourth-order valence-electron chi connectivity index (χ4n) is 1.43. The minimum Gasteiger partial charge on any atom is -0.394 e. The van der Waals surface area contributed by atoms with Crippen molar-refractivity contribution in [3.8, 4) is 0 Å². The maximum Gasteiger partial charge on any atom is 0.222 e. The highest BCUT2D eigenvalue weighted by atomic mass is 16.3. The van der Waals surface area contributed by atoms with Gasteiger partial charge in [0.15, 0.2) is 0 Å². The van der Waals surface area contributed by atoms with E-state index in [1.165, 1.54) is 0 Å². The minimum absolute atomic E-state index is 0.0185. The van der Waals surface area contributed by atoms with Crippen molar-refractivity contribution in [1.29, 1.82) is 0 Å². The smallest absolute Gasteiger partial charge is 0.222 e. The van der Waals surface area contributed by atoms with Crippen LogP contribution in [0.15, 0.2) is 30.3 Å². The Morgan fingerprint density at radius 2 is 1.94 bits per heavy atom. The van der Waals surface area contributed by atoms with Gasteiger partial charge < -0.3 is 10.4 Å². The molecule has 0 spiro atoms. The van der Waals surface area contributed by atoms with Crippen molar-refractivity contribution in [2.75, 3.05) is 6.61 Å². The van der Waals surface area contributed by atoms with Gasteiger partial charge in [-0.1, -0.05) is 44.2 Å². The Kier molecular flexibility index (Phi) is 4.99. The van der Waals surface area contributed by atoms with Crippen LogP contribution in [-0.2, 0) is 11.2 Å². The number of amides is 1. The predicted molar refractivity (Wildman–Crippen MR) is 64.0 cm³/mol. The summed E-state index contributed by atoms with van der Waals surface area (Å²) in [7, 11) is 0. The summed E-state index contributed by atoms with van der Waals surface area (Å²) in [5, 5.41) is 12.0. The molecule has 1 aromatic carbocycles. The second-order valence-electron chi connectivity index (χ2n) is 4.23. The number of carbonyl (C=O) groups excluding carboxylic acids is 1. The fraction of sp³-hybridized carbons (Fsp3) is 0.462. The van der Waals surface area contributed by atoms with Gasteiger partial charge in [-0.3, -0.25) is 4.79 Å². The molecule has 1 atom stereocenters. The first kappa shape index (κ1) is 12.7. The molecule has 0 aromatic heterocycles. The van der Waals surface area contributed by atoms with Crippen molar-refractivity contribution in [2.45, 2.75) is 26.3 Å². The summed E-state index contributed by atoms with van der Waals surface area (Å²) < 4.78 is 0. The lowest BCUT2D eigenvalue weighted by Gasteiger charge is -2.17. The molecular weight excluding hydrogens is 202 g/mol. The average Bonchev–Trinajstić information content (AvgIpc) is 2.29. The molecule has 1 aromatic rings. The summed E-state index contributed by atoms with van der Waals surface area (Å²) in [5.41, 5.74) is 1.12. The molecule has 0 aliphatic rings. The van der Waals surface area contributed by atoms with Crippen LogP contribution in [0.3, 0.4) is 0 Å². The van der Waals surface area contributed by atoms with Crippen LogP contribution in [0.2, 0.25) is 0 Å². The normalized spacial score (nSPS) is 12.5. The van der Waals surface area contributed by atoms with E-state index < -0.39 is 0 Å². The Hall–Kier alpha value is -1.35. The third kappa shape index (κ3) is 4.03. The van der Waals surface area contributed by atoms with Crippen LogP contribution in [0.4, 0.5) is 0 Å². The summed E-state index contributed by atoms with van der Waals surface area (Å²) in [6, 6.07) is 9.64. The van der Waals surface area contributed by atoms with Crippen LogP contribution in [0.1, 0.15) is 19.4 Å². The molecule has 0 saturated carbocycles. The molecular formula is C13H19NO2. The van der Waals surface area contributed by atoms with Gasteiger partial charge in [0.25, 0.3) is 0 Å². The van der Waals surface area contributed by atoms with Gasteiger partial charge in [-0.15, -0.1) is 0 Å². The minimum atomic E-state index is -0.197. The molecule has 1 amide bonds. The van der Waals surface area contributed by atoms with Crippen LogP contribution in [0.5, 0.6) is 0 Å². The van der Waals surface area contributed by atoms with Crippen LogP contribution < -0.4 is 5.32 Å². The van der Waals surface area contributed by atoms with Gasteiger partial charge >= 0.3 is 0 Å². The lowest BCUT2D eigenvalue weighted by Crippen LogP contribution is -2.41. The predicted octanol–water partition coefficient (Wildman–Crippen LogP) is 1.36. The van der Waals surface area contributed by atoms with Crippen molar-refractivity contribution < 1.29 is 9.90 Å². The second-order valence-corrected chi connectivity index (χ2v) is 4.23. The highest BCUT2D eigenvalue weighted by Gasteiger charge is 2.14. The molecule has 88 valence electrons. The highest BCUT2D eigenvalue weighted by Crippen LogP contribution is 2.03. The number of benzene rings is 1. The van der Waals surface area contributed by atoms with Gasteiger partial charge in [-0.05, 0) is 12.0 Å². The van der Waals surface area contributed by atoms with Gasteiger partial charge in [0, 0.05) is 5.92 Å². The molecule has 0 radical (unpaired) electrons. The zero-order valence-electron chi connectivity index (χ0n) is 9.81. The molecule has 1 rings (SSSR count). The molecule has 3 nitrogen and oxygen atoms in total. The van der Waals surface area contributed by atoms with Gasteiger partial charge in [0.05, 0.1) is 12.6 Å². The molecule has 16 heavy (non-hydrogen) atoms. The number of hydrogen-bond donors (Lipinski definition) is 2. The SMILES string of the molecule is CC(C)C(=O)NC(CO)Cc1ccccc1. The number of rotatable bonds is 5. The van der Waals surface area contributed by atoms with Crippen molar-refractivity contribution >= 4 is 5.91 Å². The van der Waals surface area contributed by atoms with E-state index in [1.807, 2.05) is 44.2 Å². The maximum absolute atomic E-state index is 11.5. The van der Waals surface area contributed by atoms with Crippen molar-refractivity contribution in [3.63, 3.8) is 0 Å². The first-order valence-electron chi connectivity index (χ1n) is 5.58. The zero-order chi connectivity index (χ0) is 12.0. The number of carbonyl (C=O) groups is 1. The molecule has 1 unspecified atom stereocenters. The van der Waals surface area contributed by atoms with Crippen LogP contribution in [-0.4, -0.2) is 23.7 Å². The molecule has 3 heteroatoms. The van der Waals surface area contributed by atoms with E-state index in [0.29, 0.717) is 6.42 Å². The highest BCUT2D eigenvalue weighted by molar-refractivity contribution is 5.78. The topological polar surface area (TPSA) is 49.3 Å². The van der Waals surface area contributed by atoms with Crippen molar-refractivity contribution in [1.82, 2.24) is 5.32 Å². The van der Waals surface area contributed by atoms with E-state index in [-0.39, 0.29) is 24.5 Å². The zero-order valence-corrected chi connectivity index (χ0v) is 9.81. The first-order chi connectivity index (χ1) is 7.63. The molecule has 0 bridgehead atoms. The third-order valence-corrected chi connectivity index (χ3v) is 2.42. The van der Waals surface area contributed by atoms with E-state index >= 15 is 0 Å². The molecule has 2 N–H and O–H groups in total. The lowest BCUT2D eigenvalue weighted by atomic mass is 10.1. The Labute approximate surface area is 96.5 Å². The Morgan fingerprint density at radius 3 is 2.44 bits per heavy atom. The third-order valence-electron chi connectivity index (χ3n) is 2.42. The monoisotopic (exact) mass is 221 g/mol. The summed E-state index contributed by atoms with van der Waals surface area (Å²) in [6.45, 7) is 3.64. The molecule has 0 aliphatic carbocycles. The standard InChI is InChI=1S/C13H19NO2/c1-10(2)13(16)14-12(9-15)8-11-6-4-3-5-7-11/h3-7,10,12,15H,8-9H2,1-2H3,(H,14,16). The van der Waals surface area contributed by atoms with Crippen molar-refractivity contribution in [2.24, 2.45) is 5.92 Å². The van der Waals surface area contributed by atoms with Crippen LogP contribution >= 0.6 is 0 Å². The van der Waals surface area contributed by atoms with Gasteiger partial charge in [-0.2, -0.15) is 0 Å². The van der Waals surface area contributed by atoms with Gasteiger partial charge in [-0.25, -0.2) is 0 Å². The van der Waals surface area contributed by atoms with E-state index in [9.17, 15) is 9.90 Å². The molecule has 0 fully saturated rings. The maximum atomic E-state index is 11.5. The Balaban J connectivity index is 2.53. The summed E-state index contributed by atoms with van der Waals surface area (Å²) in [4.78, 5) is 11.5. The average molecular weight is 221 g/mol. The molecule has 0 saturated heterocycles. The van der Waals surface area contributed by atoms with E-state index in [1.54, 1.807) is 0 Å². The Morgan fingerprint density at radius 1 is 1.31 bits per heavy atom. The van der Waals surface area contributed by atoms with Crippen molar-refractivity contribution in [3.05, 3.63) is 35.9 Å². The Bertz CT molecular complexity index is 322. The first-order valence-corrected chi connectivity index (χ1v) is 5.58. The quantitative estimate of drug-likeness (QED) is 0.788. The summed E-state index contributed by atoms with van der Waals surface area (Å²) >= 11 is 0. The summed E-state index contributed by atoms with van der Waals surface area (Å²) in [5.74, 6) is -0.0696. The van der Waals surface area contributed by atoms with Crippen LogP contribution in [0.25, 0.3) is 0 Å². The van der Waals surface area contributed by atoms with Gasteiger partial charge in [0.1, 0.15) is 0 Å². The van der Waals surface area contributed by atoms with Crippen LogP contribution in [0, 0.1) is 5.92 Å². The number of aliphatic hydroxyl groups is 1. The summed E-state index contributed by atoms with van der Waals surface area (Å²) in [6.07, 6.45) is 0.662. The second kappa shape index (κ2) is 6.28. The molecule has 0 heterocycles. The number of hydrogen-bond acceptors (Lipinski definition) is 2. The number of nitrogens with one attached hydrogen (secondary N) is 1. The largest absolute Gasteiger partial charge is 0.394 e. The van der Waals surface area contributed by atoms with E-state index in [0.717, 1.165) is 5.56 Å². The van der Waals surface area contributed by atoms with E-state index in [4.69, 9.17) is 0 Å². The number of aliphatic hydroxyl groups excluding tert-OH is 1. The lowest BCUT2D eigenvalue weighted by molar-refractivity contribution is -0.125.